The summed E-state index contributed by atoms with van der Waals surface area (Å²) in [5, 5.41) is 9.97. The molecule has 3 saturated heterocycles. The van der Waals surface area contributed by atoms with Crippen molar-refractivity contribution in [2.75, 3.05) is 31.2 Å². The molecule has 3 amide bonds. The van der Waals surface area contributed by atoms with Crippen molar-refractivity contribution in [1.82, 2.24) is 9.80 Å². The van der Waals surface area contributed by atoms with Gasteiger partial charge in [0.2, 0.25) is 17.7 Å². The number of aliphatic hydroxyl groups is 1. The number of amides is 3. The molecule has 1 aromatic rings. The lowest BCUT2D eigenvalue weighted by atomic mass is 9.70. The third kappa shape index (κ3) is 5.00. The number of nitrogens with zero attached hydrogens (tertiary/aromatic N) is 3. The number of rotatable bonds is 12. The number of hydrogen-bond donors (Lipinski definition) is 1. The Labute approximate surface area is 249 Å². The van der Waals surface area contributed by atoms with Crippen molar-refractivity contribution in [2.24, 2.45) is 11.8 Å². The molecular formula is C30H40BrN3O5S. The van der Waals surface area contributed by atoms with E-state index in [1.54, 1.807) is 45.5 Å². The standard InChI is InChI=1S/C30H40BrN3O5S/c1-7-14-32(18(4)5)29(38)26-30-16-22(31)25(40-30)23(24(30)28(37)34(26)19(6)17-35)27(36)33(15-8-2)20-10-12-21(13-11-20)39-9-3/h7-8,10-13,18-19,22-26,35H,1-2,9,14-17H2,3-6H3/t19-,22?,23-,24+,25-,26?,30?/m1/s1. The zero-order valence-electron chi connectivity index (χ0n) is 23.7. The molecule has 0 radical (unpaired) electrons. The average molecular weight is 635 g/mol. The van der Waals surface area contributed by atoms with E-state index >= 15 is 0 Å². The van der Waals surface area contributed by atoms with E-state index in [9.17, 15) is 19.5 Å². The fraction of sp³-hybridized carbons (Fsp3) is 0.567. The molecular weight excluding hydrogens is 594 g/mol. The van der Waals surface area contributed by atoms with Crippen LogP contribution in [-0.2, 0) is 14.4 Å². The van der Waals surface area contributed by atoms with Crippen molar-refractivity contribution in [3.8, 4) is 5.75 Å². The summed E-state index contributed by atoms with van der Waals surface area (Å²) >= 11 is 5.42. The minimum Gasteiger partial charge on any atom is -0.494 e. The maximum Gasteiger partial charge on any atom is 0.247 e. The molecule has 40 heavy (non-hydrogen) atoms. The summed E-state index contributed by atoms with van der Waals surface area (Å²) in [7, 11) is 0. The van der Waals surface area contributed by atoms with Crippen LogP contribution in [0.2, 0.25) is 0 Å². The summed E-state index contributed by atoms with van der Waals surface area (Å²) in [6.07, 6.45) is 3.94. The average Bonchev–Trinajstić information content (AvgIpc) is 3.53. The lowest BCUT2D eigenvalue weighted by Gasteiger charge is -2.40. The lowest BCUT2D eigenvalue weighted by molar-refractivity contribution is -0.146. The summed E-state index contributed by atoms with van der Waals surface area (Å²) in [5.74, 6) is -1.17. The number of fused-ring (bicyclic) bond motifs is 1. The predicted molar refractivity (Wildman–Crippen MR) is 163 cm³/mol. The Morgan fingerprint density at radius 2 is 1.85 bits per heavy atom. The van der Waals surface area contributed by atoms with Crippen molar-refractivity contribution in [1.29, 1.82) is 0 Å². The third-order valence-corrected chi connectivity index (χ3v) is 11.5. The molecule has 4 rings (SSSR count). The molecule has 8 nitrogen and oxygen atoms in total. The summed E-state index contributed by atoms with van der Waals surface area (Å²) in [6, 6.07) is 5.87. The summed E-state index contributed by atoms with van der Waals surface area (Å²) in [6.45, 7) is 16.1. The highest BCUT2D eigenvalue weighted by Crippen LogP contribution is 2.68. The molecule has 0 saturated carbocycles. The molecule has 0 aromatic heterocycles. The summed E-state index contributed by atoms with van der Waals surface area (Å²) in [5.41, 5.74) is 0.692. The van der Waals surface area contributed by atoms with Crippen molar-refractivity contribution in [2.45, 2.75) is 67.1 Å². The van der Waals surface area contributed by atoms with Gasteiger partial charge in [-0.1, -0.05) is 28.1 Å². The Hall–Kier alpha value is -2.30. The molecule has 218 valence electrons. The van der Waals surface area contributed by atoms with Gasteiger partial charge in [0, 0.05) is 34.9 Å². The van der Waals surface area contributed by atoms with Gasteiger partial charge in [-0.25, -0.2) is 0 Å². The smallest absolute Gasteiger partial charge is 0.247 e. The van der Waals surface area contributed by atoms with E-state index in [1.807, 2.05) is 45.0 Å². The van der Waals surface area contributed by atoms with Crippen LogP contribution in [0, 0.1) is 11.8 Å². The minimum absolute atomic E-state index is 0.0481. The van der Waals surface area contributed by atoms with Crippen LogP contribution in [0.25, 0.3) is 0 Å². The second-order valence-electron chi connectivity index (χ2n) is 11.0. The fourth-order valence-electron chi connectivity index (χ4n) is 6.56. The fourth-order valence-corrected chi connectivity index (χ4v) is 10.1. The van der Waals surface area contributed by atoms with E-state index in [4.69, 9.17) is 4.74 Å². The summed E-state index contributed by atoms with van der Waals surface area (Å²) in [4.78, 5) is 47.9. The second kappa shape index (κ2) is 12.3. The monoisotopic (exact) mass is 633 g/mol. The van der Waals surface area contributed by atoms with Gasteiger partial charge < -0.3 is 24.5 Å². The first-order valence-electron chi connectivity index (χ1n) is 13.9. The molecule has 1 N–H and O–H groups in total. The molecule has 0 aliphatic carbocycles. The molecule has 1 aromatic carbocycles. The number of carbonyl (C=O) groups excluding carboxylic acids is 3. The highest BCUT2D eigenvalue weighted by molar-refractivity contribution is 9.09. The zero-order valence-corrected chi connectivity index (χ0v) is 26.1. The number of halogens is 1. The van der Waals surface area contributed by atoms with Gasteiger partial charge in [0.05, 0.1) is 35.8 Å². The number of carbonyl (C=O) groups is 3. The van der Waals surface area contributed by atoms with Gasteiger partial charge >= 0.3 is 0 Å². The first-order chi connectivity index (χ1) is 19.1. The van der Waals surface area contributed by atoms with Gasteiger partial charge in [-0.2, -0.15) is 0 Å². The Morgan fingerprint density at radius 1 is 1.20 bits per heavy atom. The van der Waals surface area contributed by atoms with Gasteiger partial charge in [-0.3, -0.25) is 14.4 Å². The van der Waals surface area contributed by atoms with Gasteiger partial charge in [-0.15, -0.1) is 24.9 Å². The van der Waals surface area contributed by atoms with E-state index in [0.29, 0.717) is 31.0 Å². The number of benzene rings is 1. The first kappa shape index (κ1) is 30.7. The molecule has 3 heterocycles. The molecule has 1 spiro atoms. The molecule has 3 aliphatic heterocycles. The van der Waals surface area contributed by atoms with E-state index in [2.05, 4.69) is 29.1 Å². The number of alkyl halides is 1. The largest absolute Gasteiger partial charge is 0.494 e. The SMILES string of the molecule is C=CCN(C(=O)[C@H]1[C@@H]2SC3(CC2Br)C(C(=O)N(CC=C)C(C)C)N([C@H](C)CO)C(=O)[C@H]13)c1ccc(OCC)cc1. The number of anilines is 1. The summed E-state index contributed by atoms with van der Waals surface area (Å²) < 4.78 is 4.78. The minimum atomic E-state index is -0.791. The van der Waals surface area contributed by atoms with Crippen molar-refractivity contribution in [3.05, 3.63) is 49.6 Å². The first-order valence-corrected chi connectivity index (χ1v) is 15.7. The van der Waals surface area contributed by atoms with Crippen molar-refractivity contribution >= 4 is 51.1 Å². The van der Waals surface area contributed by atoms with Gasteiger partial charge in [0.25, 0.3) is 0 Å². The van der Waals surface area contributed by atoms with Gasteiger partial charge in [0.15, 0.2) is 0 Å². The maximum atomic E-state index is 14.4. The number of thioether (sulfide) groups is 1. The molecule has 7 atom stereocenters. The van der Waals surface area contributed by atoms with Gasteiger partial charge in [-0.05, 0) is 58.4 Å². The van der Waals surface area contributed by atoms with Crippen LogP contribution in [0.5, 0.6) is 5.75 Å². The predicted octanol–water partition coefficient (Wildman–Crippen LogP) is 3.87. The second-order valence-corrected chi connectivity index (χ2v) is 13.7. The molecule has 2 bridgehead atoms. The van der Waals surface area contributed by atoms with Crippen LogP contribution in [0.15, 0.2) is 49.6 Å². The van der Waals surface area contributed by atoms with Gasteiger partial charge in [0.1, 0.15) is 11.8 Å². The quantitative estimate of drug-likeness (QED) is 0.278. The van der Waals surface area contributed by atoms with Crippen LogP contribution in [0.3, 0.4) is 0 Å². The highest BCUT2D eigenvalue weighted by Gasteiger charge is 2.76. The van der Waals surface area contributed by atoms with E-state index in [-0.39, 0.29) is 47.0 Å². The van der Waals surface area contributed by atoms with Crippen LogP contribution in [0.1, 0.15) is 34.1 Å². The number of aliphatic hydroxyl groups excluding tert-OH is 1. The topological polar surface area (TPSA) is 90.4 Å². The van der Waals surface area contributed by atoms with Crippen molar-refractivity contribution in [3.63, 3.8) is 0 Å². The Morgan fingerprint density at radius 3 is 2.40 bits per heavy atom. The normalized spacial score (nSPS) is 29.3. The van der Waals surface area contributed by atoms with E-state index in [0.717, 1.165) is 0 Å². The molecule has 10 heteroatoms. The lowest BCUT2D eigenvalue weighted by Crippen LogP contribution is -2.58. The molecule has 3 fully saturated rings. The van der Waals surface area contributed by atoms with Crippen LogP contribution in [0.4, 0.5) is 5.69 Å². The molecule has 3 aliphatic rings. The highest BCUT2D eigenvalue weighted by atomic mass is 79.9. The van der Waals surface area contributed by atoms with Crippen LogP contribution >= 0.6 is 27.7 Å². The Bertz CT molecular complexity index is 1150. The number of hydrogen-bond acceptors (Lipinski definition) is 6. The maximum absolute atomic E-state index is 14.4. The zero-order chi connectivity index (χ0) is 29.4. The van der Waals surface area contributed by atoms with Crippen LogP contribution in [-0.4, -0.2) is 91.9 Å². The Balaban J connectivity index is 1.77. The number of ether oxygens (including phenoxy) is 1. The van der Waals surface area contributed by atoms with E-state index in [1.165, 1.54) is 0 Å². The van der Waals surface area contributed by atoms with Crippen molar-refractivity contribution < 1.29 is 24.2 Å². The number of likely N-dealkylation sites (tertiary alicyclic amines) is 1. The third-order valence-electron chi connectivity index (χ3n) is 8.25. The molecule has 3 unspecified atom stereocenters. The van der Waals surface area contributed by atoms with Crippen LogP contribution < -0.4 is 9.64 Å². The Kier molecular flexibility index (Phi) is 9.42. The van der Waals surface area contributed by atoms with E-state index < -0.39 is 28.7 Å².